The van der Waals surface area contributed by atoms with Gasteiger partial charge in [0.2, 0.25) is 0 Å². The highest BCUT2D eigenvalue weighted by molar-refractivity contribution is 6.33. The Morgan fingerprint density at radius 1 is 0.333 bits per heavy atom. The third-order valence-corrected chi connectivity index (χ3v) is 15.9. The van der Waals surface area contributed by atoms with Gasteiger partial charge in [-0.1, -0.05) is 114 Å². The van der Waals surface area contributed by atoms with Crippen molar-refractivity contribution in [2.75, 3.05) is 0 Å². The fourth-order valence-corrected chi connectivity index (χ4v) is 11.5. The maximum Gasteiger partial charge on any atom is 0.416 e. The lowest BCUT2D eigenvalue weighted by Gasteiger charge is -2.25. The predicted molar refractivity (Wildman–Crippen MR) is 306 cm³/mol. The summed E-state index contributed by atoms with van der Waals surface area (Å²) in [6.07, 6.45) is -24.5. The van der Waals surface area contributed by atoms with Gasteiger partial charge in [-0.2, -0.15) is 65.9 Å². The summed E-state index contributed by atoms with van der Waals surface area (Å²) in [5.74, 6) is -0.673. The Kier molecular flexibility index (Phi) is 14.4. The highest BCUT2D eigenvalue weighted by Crippen LogP contribution is 2.53. The monoisotopic (exact) mass is 1210 g/mol. The second kappa shape index (κ2) is 20.9. The molecule has 0 spiro atoms. The number of benzene rings is 9. The Balaban J connectivity index is 1.44. The number of alkyl halides is 15. The molecule has 0 saturated heterocycles. The molecule has 11 rings (SSSR count). The van der Waals surface area contributed by atoms with Crippen molar-refractivity contribution in [3.8, 4) is 61.3 Å². The molecule has 4 nitrogen and oxygen atoms in total. The molecule has 0 unspecified atom stereocenters. The van der Waals surface area contributed by atoms with E-state index >= 15 is 9.59 Å². The van der Waals surface area contributed by atoms with E-state index in [0.29, 0.717) is 35.4 Å². The van der Waals surface area contributed by atoms with Gasteiger partial charge in [0, 0.05) is 49.0 Å². The highest BCUT2D eigenvalue weighted by Gasteiger charge is 2.37. The van der Waals surface area contributed by atoms with E-state index in [1.807, 2.05) is 53.7 Å². The van der Waals surface area contributed by atoms with Crippen molar-refractivity contribution in [2.24, 2.45) is 0 Å². The van der Waals surface area contributed by atoms with Gasteiger partial charge in [0.05, 0.1) is 33.5 Å². The van der Waals surface area contributed by atoms with Crippen LogP contribution in [0.1, 0.15) is 104 Å². The SMILES string of the molecule is CC(C)c1cc(C(C)C)c(-n2c(=O)c3cc(-c4ccc(C(F)(F)F)cc4)c4oc5c(-c6ccc(C(F)(F)F)cc6)c(-c6ccc(C(F)(F)F)cc6)c(-c6ccc(C(F)(F)F)cc6)cc5c5c(-c6ccc(C(F)(F)F)cc6)cc(c2=O)c3c45)c(C(C)C)c1. The number of hydrogen-bond acceptors (Lipinski definition) is 3. The van der Waals surface area contributed by atoms with Crippen molar-refractivity contribution in [3.05, 3.63) is 217 Å². The van der Waals surface area contributed by atoms with Crippen LogP contribution in [0, 0.1) is 0 Å². The molecule has 9 aromatic carbocycles. The molecule has 19 heteroatoms. The third-order valence-electron chi connectivity index (χ3n) is 15.9. The smallest absolute Gasteiger partial charge is 0.416 e. The third kappa shape index (κ3) is 10.6. The van der Waals surface area contributed by atoms with E-state index in [-0.39, 0.29) is 123 Å². The van der Waals surface area contributed by atoms with E-state index in [0.717, 1.165) is 107 Å². The lowest BCUT2D eigenvalue weighted by atomic mass is 9.82. The fraction of sp³-hybridized carbons (Fsp3) is 0.206. The van der Waals surface area contributed by atoms with Gasteiger partial charge in [-0.15, -0.1) is 0 Å². The standard InChI is InChI=1S/C68H46F15NO3/c1-32(2)40-27-46(33(3)4)59(47(28-40)34(5)6)84-62(85)52-30-49(36-9-19-42(20-10-36)65(72,73)74)56-51-29-48(35-7-17-41(18-8-35)64(69,70)71)54(38-13-23-44(24-14-38)67(78,79)80)55(39-15-25-45(26-16-39)68(81,82)83)61(51)87-60-50(31-53(63(84)86)57(52)58(56)60)37-11-21-43(22-12-37)66(75,76)77/h7-34H,1-6H3. The first-order valence-electron chi connectivity index (χ1n) is 27.1. The minimum atomic E-state index is -4.93. The van der Waals surface area contributed by atoms with E-state index < -0.39 is 69.8 Å². The molecule has 0 amide bonds. The molecule has 0 aliphatic rings. The molecule has 2 aromatic heterocycles. The lowest BCUT2D eigenvalue weighted by molar-refractivity contribution is -0.138. The van der Waals surface area contributed by atoms with Gasteiger partial charge in [0.15, 0.2) is 0 Å². The van der Waals surface area contributed by atoms with Crippen LogP contribution in [-0.4, -0.2) is 4.57 Å². The van der Waals surface area contributed by atoms with Gasteiger partial charge in [-0.3, -0.25) is 9.59 Å². The molecule has 446 valence electrons. The minimum absolute atomic E-state index is 0.0151. The van der Waals surface area contributed by atoms with Crippen LogP contribution in [-0.2, 0) is 30.9 Å². The van der Waals surface area contributed by atoms with E-state index in [4.69, 9.17) is 4.42 Å². The second-order valence-corrected chi connectivity index (χ2v) is 22.4. The molecule has 11 aromatic rings. The molecule has 0 aliphatic carbocycles. The largest absolute Gasteiger partial charge is 0.455 e. The first-order chi connectivity index (χ1) is 40.6. The maximum absolute atomic E-state index is 16.0. The first-order valence-corrected chi connectivity index (χ1v) is 27.1. The number of aromatic nitrogens is 1. The van der Waals surface area contributed by atoms with Crippen molar-refractivity contribution in [2.45, 2.75) is 90.2 Å². The van der Waals surface area contributed by atoms with Gasteiger partial charge in [0.25, 0.3) is 11.1 Å². The summed E-state index contributed by atoms with van der Waals surface area (Å²) in [5, 5.41) is -0.744. The van der Waals surface area contributed by atoms with Crippen LogP contribution in [0.15, 0.2) is 166 Å². The summed E-state index contributed by atoms with van der Waals surface area (Å²) in [4.78, 5) is 31.9. The first kappa shape index (κ1) is 59.8. The van der Waals surface area contributed by atoms with Crippen LogP contribution in [0.2, 0.25) is 0 Å². The molecule has 0 bridgehead atoms. The quantitative estimate of drug-likeness (QED) is 0.0822. The summed E-state index contributed by atoms with van der Waals surface area (Å²) in [6.45, 7) is 11.4. The van der Waals surface area contributed by atoms with Gasteiger partial charge in [-0.25, -0.2) is 4.57 Å². The van der Waals surface area contributed by atoms with Gasteiger partial charge in [-0.05, 0) is 152 Å². The van der Waals surface area contributed by atoms with Crippen molar-refractivity contribution < 1.29 is 70.3 Å². The number of fused-ring (bicyclic) bond motifs is 2. The normalized spacial score (nSPS) is 13.1. The van der Waals surface area contributed by atoms with Gasteiger partial charge >= 0.3 is 30.9 Å². The zero-order valence-corrected chi connectivity index (χ0v) is 46.5. The maximum atomic E-state index is 16.0. The number of rotatable bonds is 9. The van der Waals surface area contributed by atoms with Crippen LogP contribution in [0.3, 0.4) is 0 Å². The summed E-state index contributed by atoms with van der Waals surface area (Å²) in [6, 6.07) is 25.7. The van der Waals surface area contributed by atoms with Crippen LogP contribution in [0.25, 0.3) is 105 Å². The Hall–Kier alpha value is -8.87. The van der Waals surface area contributed by atoms with E-state index in [2.05, 4.69) is 0 Å². The van der Waals surface area contributed by atoms with E-state index in [1.165, 1.54) is 18.2 Å². The molecule has 0 radical (unpaired) electrons. The summed E-state index contributed by atoms with van der Waals surface area (Å²) in [5.41, 5.74) is -6.55. The minimum Gasteiger partial charge on any atom is -0.455 e. The topological polar surface area (TPSA) is 52.2 Å². The van der Waals surface area contributed by atoms with E-state index in [1.54, 1.807) is 0 Å². The summed E-state index contributed by atoms with van der Waals surface area (Å²) >= 11 is 0. The molecule has 0 N–H and O–H groups in total. The second-order valence-electron chi connectivity index (χ2n) is 22.4. The van der Waals surface area contributed by atoms with Gasteiger partial charge < -0.3 is 4.42 Å². The van der Waals surface area contributed by atoms with Gasteiger partial charge in [0.1, 0.15) is 11.2 Å². The van der Waals surface area contributed by atoms with E-state index in [9.17, 15) is 65.9 Å². The molecule has 87 heavy (non-hydrogen) atoms. The van der Waals surface area contributed by atoms with Crippen molar-refractivity contribution in [3.63, 3.8) is 0 Å². The lowest BCUT2D eigenvalue weighted by Crippen LogP contribution is -2.34. The highest BCUT2D eigenvalue weighted by atomic mass is 19.4. The fourth-order valence-electron chi connectivity index (χ4n) is 11.5. The van der Waals surface area contributed by atoms with Crippen molar-refractivity contribution >= 4 is 43.5 Å². The average Bonchev–Trinajstić information content (AvgIpc) is 0.693. The van der Waals surface area contributed by atoms with Crippen LogP contribution in [0.5, 0.6) is 0 Å². The molecule has 2 heterocycles. The Morgan fingerprint density at radius 3 is 1.01 bits per heavy atom. The van der Waals surface area contributed by atoms with Crippen LogP contribution >= 0.6 is 0 Å². The zero-order chi connectivity index (χ0) is 62.9. The molecule has 0 saturated carbocycles. The van der Waals surface area contributed by atoms with Crippen molar-refractivity contribution in [1.29, 1.82) is 0 Å². The Labute approximate surface area is 485 Å². The van der Waals surface area contributed by atoms with Crippen molar-refractivity contribution in [1.82, 2.24) is 4.57 Å². The number of pyridine rings is 1. The predicted octanol–water partition coefficient (Wildman–Crippen LogP) is 21.6. The zero-order valence-electron chi connectivity index (χ0n) is 46.5. The molecule has 0 fully saturated rings. The Bertz CT molecular complexity index is 4560. The number of halogens is 15. The molecule has 0 aliphatic heterocycles. The average molecular weight is 1210 g/mol. The number of nitrogens with zero attached hydrogens (tertiary/aromatic N) is 1. The molecular formula is C68H46F15NO3. The molecule has 0 atom stereocenters. The number of hydrogen-bond donors (Lipinski definition) is 0. The van der Waals surface area contributed by atoms with Crippen LogP contribution in [0.4, 0.5) is 65.9 Å². The van der Waals surface area contributed by atoms with Crippen LogP contribution < -0.4 is 11.1 Å². The molecular weight excluding hydrogens is 1160 g/mol. The summed E-state index contributed by atoms with van der Waals surface area (Å²) < 4.78 is 224. The summed E-state index contributed by atoms with van der Waals surface area (Å²) in [7, 11) is 0. The Morgan fingerprint density at radius 2 is 0.655 bits per heavy atom.